The largest absolute Gasteiger partial charge is 0.335 e. The molecule has 1 aliphatic rings. The molecule has 0 bridgehead atoms. The van der Waals surface area contributed by atoms with Crippen LogP contribution in [0.25, 0.3) is 0 Å². The van der Waals surface area contributed by atoms with E-state index in [1.165, 1.54) is 18.4 Å². The summed E-state index contributed by atoms with van der Waals surface area (Å²) in [5, 5.41) is 1.06. The fraction of sp³-hybridized carbons (Fsp3) is 0.500. The van der Waals surface area contributed by atoms with Gasteiger partial charge in [0.05, 0.1) is 12.5 Å². The van der Waals surface area contributed by atoms with E-state index in [-0.39, 0.29) is 0 Å². The Kier molecular flexibility index (Phi) is 4.60. The minimum atomic E-state index is 0.303. The van der Waals surface area contributed by atoms with E-state index in [1.54, 1.807) is 0 Å². The summed E-state index contributed by atoms with van der Waals surface area (Å²) < 4.78 is 0. The van der Waals surface area contributed by atoms with Gasteiger partial charge in [-0.3, -0.25) is 4.79 Å². The van der Waals surface area contributed by atoms with Crippen molar-refractivity contribution in [2.75, 3.05) is 11.9 Å². The van der Waals surface area contributed by atoms with Gasteiger partial charge >= 0.3 is 0 Å². The number of hydrogen-bond donors (Lipinski definition) is 0. The number of halogens is 1. The van der Waals surface area contributed by atoms with Gasteiger partial charge in [0.25, 0.3) is 0 Å². The number of hydrogen-bond acceptors (Lipinski definition) is 1. The Morgan fingerprint density at radius 1 is 1.18 bits per heavy atom. The summed E-state index contributed by atoms with van der Waals surface area (Å²) in [7, 11) is 0. The van der Waals surface area contributed by atoms with Crippen molar-refractivity contribution in [1.29, 1.82) is 0 Å². The standard InChI is InChI=1S/C14H18BrNO/c15-9-5-2-6-10-16-13(11-14(16)17)12-7-3-1-4-8-12/h1,3-4,7-8,13H,2,5-6,9-11H2. The van der Waals surface area contributed by atoms with Crippen molar-refractivity contribution in [3.8, 4) is 0 Å². The van der Waals surface area contributed by atoms with Gasteiger partial charge in [-0.25, -0.2) is 0 Å². The monoisotopic (exact) mass is 295 g/mol. The predicted molar refractivity (Wildman–Crippen MR) is 73.2 cm³/mol. The topological polar surface area (TPSA) is 20.3 Å². The SMILES string of the molecule is O=C1CC(c2ccccc2)N1CCCCCBr. The van der Waals surface area contributed by atoms with Gasteiger partial charge in [-0.15, -0.1) is 0 Å². The van der Waals surface area contributed by atoms with Crippen LogP contribution in [0.3, 0.4) is 0 Å². The highest BCUT2D eigenvalue weighted by Gasteiger charge is 2.36. The van der Waals surface area contributed by atoms with E-state index in [9.17, 15) is 4.79 Å². The highest BCUT2D eigenvalue weighted by molar-refractivity contribution is 9.09. The molecule has 2 nitrogen and oxygen atoms in total. The molecule has 1 amide bonds. The zero-order valence-electron chi connectivity index (χ0n) is 9.94. The number of benzene rings is 1. The van der Waals surface area contributed by atoms with Crippen LogP contribution < -0.4 is 0 Å². The molecule has 1 heterocycles. The maximum atomic E-state index is 11.6. The smallest absolute Gasteiger partial charge is 0.225 e. The second-order valence-corrected chi connectivity index (χ2v) is 5.26. The summed E-state index contributed by atoms with van der Waals surface area (Å²) in [6.07, 6.45) is 4.18. The van der Waals surface area contributed by atoms with Crippen LogP contribution in [0.1, 0.15) is 37.3 Å². The van der Waals surface area contributed by atoms with Crippen LogP contribution in [0.4, 0.5) is 0 Å². The molecule has 1 aliphatic heterocycles. The Bertz CT molecular complexity index is 366. The molecule has 0 N–H and O–H groups in total. The molecule has 0 aliphatic carbocycles. The number of rotatable bonds is 6. The van der Waals surface area contributed by atoms with Crippen molar-refractivity contribution in [3.63, 3.8) is 0 Å². The summed E-state index contributed by atoms with van der Waals surface area (Å²) in [6.45, 7) is 0.908. The van der Waals surface area contributed by atoms with Crippen LogP contribution in [0.15, 0.2) is 30.3 Å². The average Bonchev–Trinajstić information content (AvgIpc) is 2.36. The van der Waals surface area contributed by atoms with Gasteiger partial charge < -0.3 is 4.90 Å². The zero-order chi connectivity index (χ0) is 12.1. The second kappa shape index (κ2) is 6.20. The molecule has 1 fully saturated rings. The number of amides is 1. The van der Waals surface area contributed by atoms with Gasteiger partial charge in [0.1, 0.15) is 0 Å². The molecule has 0 spiro atoms. The molecule has 17 heavy (non-hydrogen) atoms. The highest BCUT2D eigenvalue weighted by Crippen LogP contribution is 2.34. The van der Waals surface area contributed by atoms with E-state index in [4.69, 9.17) is 0 Å². The highest BCUT2D eigenvalue weighted by atomic mass is 79.9. The van der Waals surface area contributed by atoms with Crippen molar-refractivity contribution >= 4 is 21.8 Å². The van der Waals surface area contributed by atoms with Crippen LogP contribution >= 0.6 is 15.9 Å². The molecule has 0 aromatic heterocycles. The summed E-state index contributed by atoms with van der Waals surface area (Å²) in [6, 6.07) is 10.7. The van der Waals surface area contributed by atoms with E-state index in [0.29, 0.717) is 18.4 Å². The Morgan fingerprint density at radius 2 is 1.94 bits per heavy atom. The Hall–Kier alpha value is -0.830. The molecule has 1 saturated heterocycles. The van der Waals surface area contributed by atoms with Crippen LogP contribution in [0, 0.1) is 0 Å². The van der Waals surface area contributed by atoms with E-state index in [2.05, 4.69) is 28.1 Å². The van der Waals surface area contributed by atoms with Gasteiger partial charge in [-0.2, -0.15) is 0 Å². The fourth-order valence-electron chi connectivity index (χ4n) is 2.26. The zero-order valence-corrected chi connectivity index (χ0v) is 11.5. The molecule has 1 aromatic rings. The minimum absolute atomic E-state index is 0.303. The van der Waals surface area contributed by atoms with Gasteiger partial charge in [0.2, 0.25) is 5.91 Å². The van der Waals surface area contributed by atoms with E-state index in [0.717, 1.165) is 18.3 Å². The first-order chi connectivity index (χ1) is 8.33. The molecule has 1 unspecified atom stereocenters. The van der Waals surface area contributed by atoms with Gasteiger partial charge in [0, 0.05) is 11.9 Å². The summed E-state index contributed by atoms with van der Waals surface area (Å²) >= 11 is 3.43. The number of alkyl halides is 1. The van der Waals surface area contributed by atoms with Crippen LogP contribution in [-0.2, 0) is 4.79 Å². The van der Waals surface area contributed by atoms with Crippen molar-refractivity contribution in [2.45, 2.75) is 31.7 Å². The van der Waals surface area contributed by atoms with Gasteiger partial charge in [-0.05, 0) is 18.4 Å². The normalized spacial score (nSPS) is 19.2. The van der Waals surface area contributed by atoms with Crippen molar-refractivity contribution < 1.29 is 4.79 Å². The van der Waals surface area contributed by atoms with Gasteiger partial charge in [0.15, 0.2) is 0 Å². The number of carbonyl (C=O) groups excluding carboxylic acids is 1. The molecule has 1 atom stereocenters. The summed E-state index contributed by atoms with van der Waals surface area (Å²) in [5.41, 5.74) is 1.27. The quantitative estimate of drug-likeness (QED) is 0.447. The lowest BCUT2D eigenvalue weighted by molar-refractivity contribution is -0.146. The molecule has 2 rings (SSSR count). The Balaban J connectivity index is 1.86. The lowest BCUT2D eigenvalue weighted by Crippen LogP contribution is -2.46. The Labute approximate surface area is 111 Å². The first-order valence-electron chi connectivity index (χ1n) is 6.23. The average molecular weight is 296 g/mol. The first kappa shape index (κ1) is 12.6. The number of likely N-dealkylation sites (tertiary alicyclic amines) is 1. The summed E-state index contributed by atoms with van der Waals surface area (Å²) in [4.78, 5) is 13.6. The Morgan fingerprint density at radius 3 is 2.59 bits per heavy atom. The molecule has 1 aromatic carbocycles. The number of nitrogens with zero attached hydrogens (tertiary/aromatic N) is 1. The number of carbonyl (C=O) groups is 1. The van der Waals surface area contributed by atoms with E-state index < -0.39 is 0 Å². The molecule has 92 valence electrons. The van der Waals surface area contributed by atoms with Crippen LogP contribution in [-0.4, -0.2) is 22.7 Å². The maximum Gasteiger partial charge on any atom is 0.225 e. The molecular weight excluding hydrogens is 278 g/mol. The second-order valence-electron chi connectivity index (χ2n) is 4.47. The van der Waals surface area contributed by atoms with Crippen molar-refractivity contribution in [3.05, 3.63) is 35.9 Å². The van der Waals surface area contributed by atoms with Crippen LogP contribution in [0.5, 0.6) is 0 Å². The molecule has 0 saturated carbocycles. The third-order valence-electron chi connectivity index (χ3n) is 3.28. The molecule has 0 radical (unpaired) electrons. The number of unbranched alkanes of at least 4 members (excludes halogenated alkanes) is 2. The third-order valence-corrected chi connectivity index (χ3v) is 3.84. The maximum absolute atomic E-state index is 11.6. The number of β-lactam (4-membered cyclic amide) rings is 1. The van der Waals surface area contributed by atoms with E-state index >= 15 is 0 Å². The first-order valence-corrected chi connectivity index (χ1v) is 7.35. The van der Waals surface area contributed by atoms with Crippen molar-refractivity contribution in [1.82, 2.24) is 4.90 Å². The summed E-state index contributed by atoms with van der Waals surface area (Å²) in [5.74, 6) is 0.303. The molecule has 3 heteroatoms. The lowest BCUT2D eigenvalue weighted by atomic mass is 9.93. The van der Waals surface area contributed by atoms with Gasteiger partial charge in [-0.1, -0.05) is 52.7 Å². The molecular formula is C14H18BrNO. The minimum Gasteiger partial charge on any atom is -0.335 e. The lowest BCUT2D eigenvalue weighted by Gasteiger charge is -2.41. The van der Waals surface area contributed by atoms with Crippen LogP contribution in [0.2, 0.25) is 0 Å². The third kappa shape index (κ3) is 3.09. The van der Waals surface area contributed by atoms with Crippen molar-refractivity contribution in [2.24, 2.45) is 0 Å². The fourth-order valence-corrected chi connectivity index (χ4v) is 2.66. The van der Waals surface area contributed by atoms with E-state index in [1.807, 2.05) is 23.1 Å². The predicted octanol–water partition coefficient (Wildman–Crippen LogP) is 3.53.